The maximum absolute atomic E-state index is 11.3. The number of anilines is 1. The molecule has 0 fully saturated rings. The lowest BCUT2D eigenvalue weighted by Gasteiger charge is -2.27. The Balaban J connectivity index is 1.32. The first kappa shape index (κ1) is 35.4. The Labute approximate surface area is 298 Å². The van der Waals surface area contributed by atoms with Gasteiger partial charge in [0, 0.05) is 59.6 Å². The summed E-state index contributed by atoms with van der Waals surface area (Å²) in [7, 11) is -4.24. The van der Waals surface area contributed by atoms with Crippen LogP contribution in [-0.2, 0) is 20.9 Å². The second-order valence-corrected chi connectivity index (χ2v) is 16.1. The number of rotatable bonds is 13. The molecule has 0 unspecified atom stereocenters. The SMILES string of the molecule is C#CCCCCC[N+]1=C(/C=C/C=C/C=C2/N(CCCCS(=O)(=O)[O-])c3ccc4ccccc4c3C2(C)C)C(C)(C)c2c1ccc1ccccc21. The van der Waals surface area contributed by atoms with Gasteiger partial charge in [-0.25, -0.2) is 8.42 Å². The largest absolute Gasteiger partial charge is 0.748 e. The van der Waals surface area contributed by atoms with Crippen LogP contribution in [0.1, 0.15) is 77.3 Å². The molecule has 2 aliphatic rings. The molecular formula is C44H48N2O3S. The van der Waals surface area contributed by atoms with Crippen molar-refractivity contribution in [2.45, 2.75) is 77.0 Å². The molecule has 0 spiro atoms. The van der Waals surface area contributed by atoms with Crippen molar-refractivity contribution in [1.82, 2.24) is 0 Å². The first-order valence-electron chi connectivity index (χ1n) is 17.8. The van der Waals surface area contributed by atoms with Crippen LogP contribution in [0.3, 0.4) is 0 Å². The minimum atomic E-state index is -4.24. The van der Waals surface area contributed by atoms with Crippen LogP contribution >= 0.6 is 0 Å². The Morgan fingerprint density at radius 1 is 0.780 bits per heavy atom. The predicted molar refractivity (Wildman–Crippen MR) is 209 cm³/mol. The summed E-state index contributed by atoms with van der Waals surface area (Å²) in [5.74, 6) is 2.44. The molecule has 0 saturated heterocycles. The fourth-order valence-electron chi connectivity index (χ4n) is 8.13. The third-order valence-electron chi connectivity index (χ3n) is 10.5. The molecule has 0 aliphatic carbocycles. The van der Waals surface area contributed by atoms with E-state index in [4.69, 9.17) is 6.42 Å². The Kier molecular flexibility index (Phi) is 10.2. The fourth-order valence-corrected chi connectivity index (χ4v) is 8.69. The molecule has 6 heteroatoms. The number of hydrogen-bond donors (Lipinski definition) is 0. The first-order chi connectivity index (χ1) is 23.9. The highest BCUT2D eigenvalue weighted by molar-refractivity contribution is 7.85. The van der Waals surface area contributed by atoms with E-state index in [1.807, 2.05) is 0 Å². The van der Waals surface area contributed by atoms with Crippen molar-refractivity contribution in [2.75, 3.05) is 23.7 Å². The Morgan fingerprint density at radius 3 is 2.16 bits per heavy atom. The van der Waals surface area contributed by atoms with Crippen molar-refractivity contribution in [3.8, 4) is 12.3 Å². The van der Waals surface area contributed by atoms with E-state index in [0.29, 0.717) is 19.4 Å². The van der Waals surface area contributed by atoms with Crippen LogP contribution in [0.15, 0.2) is 109 Å². The van der Waals surface area contributed by atoms with Crippen molar-refractivity contribution < 1.29 is 17.5 Å². The van der Waals surface area contributed by atoms with Crippen molar-refractivity contribution in [3.05, 3.63) is 120 Å². The molecule has 0 N–H and O–H groups in total. The number of allylic oxidation sites excluding steroid dienone is 6. The molecule has 258 valence electrons. The molecule has 4 aromatic carbocycles. The Morgan fingerprint density at radius 2 is 1.46 bits per heavy atom. The van der Waals surface area contributed by atoms with Gasteiger partial charge in [-0.15, -0.1) is 12.3 Å². The Bertz CT molecular complexity index is 2200. The molecule has 5 nitrogen and oxygen atoms in total. The summed E-state index contributed by atoms with van der Waals surface area (Å²) < 4.78 is 36.4. The highest BCUT2D eigenvalue weighted by Crippen LogP contribution is 2.51. The summed E-state index contributed by atoms with van der Waals surface area (Å²) >= 11 is 0. The van der Waals surface area contributed by atoms with Gasteiger partial charge in [0.15, 0.2) is 5.71 Å². The van der Waals surface area contributed by atoms with E-state index < -0.39 is 10.1 Å². The molecule has 4 aromatic rings. The summed E-state index contributed by atoms with van der Waals surface area (Å²) in [6.07, 6.45) is 21.4. The molecular weight excluding hydrogens is 637 g/mol. The quantitative estimate of drug-likeness (QED) is 0.0463. The van der Waals surface area contributed by atoms with Gasteiger partial charge in [-0.3, -0.25) is 0 Å². The zero-order chi connectivity index (χ0) is 35.5. The smallest absolute Gasteiger partial charge is 0.210 e. The fraction of sp³-hybridized carbons (Fsp3) is 0.341. The molecule has 0 amide bonds. The van der Waals surface area contributed by atoms with Gasteiger partial charge in [0.1, 0.15) is 6.54 Å². The van der Waals surface area contributed by atoms with Crippen molar-refractivity contribution >= 4 is 48.7 Å². The second kappa shape index (κ2) is 14.4. The number of benzene rings is 4. The van der Waals surface area contributed by atoms with Crippen molar-refractivity contribution in [2.24, 2.45) is 0 Å². The van der Waals surface area contributed by atoms with Crippen LogP contribution in [0.5, 0.6) is 0 Å². The lowest BCUT2D eigenvalue weighted by Crippen LogP contribution is -2.28. The van der Waals surface area contributed by atoms with E-state index in [-0.39, 0.29) is 16.6 Å². The standard InChI is InChI=1S/C44H48N2O3S/c1-6-7-8-9-17-30-45-37-28-26-33-20-13-15-22-35(33)41(37)43(2,3)39(45)24-11-10-12-25-40-44(4,5)42-36-23-16-14-21-34(36)27-29-38(42)46(40)31-18-19-32-50(47,48)49/h1,10-16,20-29H,7-9,17-19,30-32H2,2-5H3. The predicted octanol–water partition coefficient (Wildman–Crippen LogP) is 9.68. The third kappa shape index (κ3) is 6.95. The highest BCUT2D eigenvalue weighted by atomic mass is 32.2. The summed E-state index contributed by atoms with van der Waals surface area (Å²) in [4.78, 5) is 2.31. The molecule has 0 atom stereocenters. The molecule has 0 saturated carbocycles. The summed E-state index contributed by atoms with van der Waals surface area (Å²) in [5.41, 5.74) is 7.05. The number of fused-ring (bicyclic) bond motifs is 6. The minimum Gasteiger partial charge on any atom is -0.748 e. The third-order valence-corrected chi connectivity index (χ3v) is 11.3. The van der Waals surface area contributed by atoms with E-state index in [9.17, 15) is 13.0 Å². The van der Waals surface area contributed by atoms with Crippen LogP contribution < -0.4 is 4.90 Å². The molecule has 50 heavy (non-hydrogen) atoms. The lowest BCUT2D eigenvalue weighted by molar-refractivity contribution is -0.438. The van der Waals surface area contributed by atoms with E-state index in [1.54, 1.807) is 0 Å². The maximum atomic E-state index is 11.3. The normalized spacial score (nSPS) is 17.4. The maximum Gasteiger partial charge on any atom is 0.210 e. The number of terminal acetylenes is 1. The number of nitrogens with zero attached hydrogens (tertiary/aromatic N) is 2. The van der Waals surface area contributed by atoms with Crippen molar-refractivity contribution in [3.63, 3.8) is 0 Å². The van der Waals surface area contributed by atoms with Gasteiger partial charge in [-0.2, -0.15) is 4.58 Å². The van der Waals surface area contributed by atoms with Gasteiger partial charge < -0.3 is 9.45 Å². The van der Waals surface area contributed by atoms with E-state index in [0.717, 1.165) is 43.6 Å². The zero-order valence-electron chi connectivity index (χ0n) is 29.8. The topological polar surface area (TPSA) is 63.5 Å². The summed E-state index contributed by atoms with van der Waals surface area (Å²) in [6.45, 7) is 10.8. The molecule has 6 rings (SSSR count). The van der Waals surface area contributed by atoms with Gasteiger partial charge in [0.2, 0.25) is 5.69 Å². The van der Waals surface area contributed by atoms with E-state index in [2.05, 4.69) is 146 Å². The number of unbranched alkanes of at least 4 members (excludes halogenated alkanes) is 4. The second-order valence-electron chi connectivity index (χ2n) is 14.6. The van der Waals surface area contributed by atoms with E-state index >= 15 is 0 Å². The van der Waals surface area contributed by atoms with Gasteiger partial charge in [-0.1, -0.05) is 86.7 Å². The van der Waals surface area contributed by atoms with Crippen LogP contribution in [0.25, 0.3) is 21.5 Å². The van der Waals surface area contributed by atoms with Crippen LogP contribution in [0, 0.1) is 12.3 Å². The van der Waals surface area contributed by atoms with Crippen LogP contribution in [0.4, 0.5) is 11.4 Å². The zero-order valence-corrected chi connectivity index (χ0v) is 30.6. The van der Waals surface area contributed by atoms with Crippen LogP contribution in [0.2, 0.25) is 0 Å². The Hall–Kier alpha value is -4.44. The average molecular weight is 685 g/mol. The molecule has 2 heterocycles. The number of hydrogen-bond acceptors (Lipinski definition) is 4. The van der Waals surface area contributed by atoms with Crippen LogP contribution in [-0.4, -0.2) is 42.1 Å². The van der Waals surface area contributed by atoms with Gasteiger partial charge in [0.05, 0.1) is 15.5 Å². The monoisotopic (exact) mass is 684 g/mol. The summed E-state index contributed by atoms with van der Waals surface area (Å²) in [5, 5.41) is 4.99. The van der Waals surface area contributed by atoms with Crippen molar-refractivity contribution in [1.29, 1.82) is 0 Å². The van der Waals surface area contributed by atoms with Gasteiger partial charge >= 0.3 is 0 Å². The average Bonchev–Trinajstić information content (AvgIpc) is 3.44. The highest BCUT2D eigenvalue weighted by Gasteiger charge is 2.45. The van der Waals surface area contributed by atoms with Gasteiger partial charge in [0.25, 0.3) is 0 Å². The molecule has 2 aliphatic heterocycles. The summed E-state index contributed by atoms with van der Waals surface area (Å²) in [6, 6.07) is 26.0. The molecule has 0 bridgehead atoms. The molecule has 0 radical (unpaired) electrons. The molecule has 0 aromatic heterocycles. The first-order valence-corrected chi connectivity index (χ1v) is 19.4. The van der Waals surface area contributed by atoms with E-state index in [1.165, 1.54) is 44.1 Å². The van der Waals surface area contributed by atoms with Gasteiger partial charge in [-0.05, 0) is 84.8 Å². The minimum absolute atomic E-state index is 0.178. The lowest BCUT2D eigenvalue weighted by atomic mass is 9.79.